The number of hydrogen-bond acceptors (Lipinski definition) is 5. The molecule has 0 saturated heterocycles. The van der Waals surface area contributed by atoms with Gasteiger partial charge in [-0.3, -0.25) is 4.68 Å². The number of halogens is 1. The standard InChI is InChI=1S/C13H19BrN6S/c1-3-10-12(14)11(19(2)16-10)8-21-13-15-17-18-20(13)9-6-4-5-7-9/h9H,3-8H2,1-2H3. The number of tetrazole rings is 1. The fourth-order valence-electron chi connectivity index (χ4n) is 2.77. The summed E-state index contributed by atoms with van der Waals surface area (Å²) >= 11 is 5.34. The molecule has 0 aliphatic heterocycles. The first-order valence-corrected chi connectivity index (χ1v) is 9.09. The van der Waals surface area contributed by atoms with Gasteiger partial charge in [0.25, 0.3) is 0 Å². The number of aromatic nitrogens is 6. The maximum atomic E-state index is 4.53. The molecule has 1 aliphatic rings. The van der Waals surface area contributed by atoms with Gasteiger partial charge >= 0.3 is 0 Å². The van der Waals surface area contributed by atoms with E-state index in [1.165, 1.54) is 31.4 Å². The fourth-order valence-corrected chi connectivity index (χ4v) is 4.72. The smallest absolute Gasteiger partial charge is 0.209 e. The van der Waals surface area contributed by atoms with E-state index in [-0.39, 0.29) is 0 Å². The van der Waals surface area contributed by atoms with Crippen molar-refractivity contribution in [2.75, 3.05) is 0 Å². The summed E-state index contributed by atoms with van der Waals surface area (Å²) in [6.45, 7) is 2.12. The first-order chi connectivity index (χ1) is 10.2. The van der Waals surface area contributed by atoms with Gasteiger partial charge in [0.1, 0.15) is 0 Å². The number of thioether (sulfide) groups is 1. The Morgan fingerprint density at radius 2 is 2.10 bits per heavy atom. The molecule has 6 nitrogen and oxygen atoms in total. The molecule has 21 heavy (non-hydrogen) atoms. The third-order valence-corrected chi connectivity index (χ3v) is 5.83. The van der Waals surface area contributed by atoms with Crippen LogP contribution < -0.4 is 0 Å². The minimum atomic E-state index is 0.476. The van der Waals surface area contributed by atoms with Crippen LogP contribution in [0.15, 0.2) is 9.63 Å². The van der Waals surface area contributed by atoms with Crippen molar-refractivity contribution in [3.63, 3.8) is 0 Å². The molecular formula is C13H19BrN6S. The van der Waals surface area contributed by atoms with Crippen molar-refractivity contribution in [3.8, 4) is 0 Å². The molecule has 2 aromatic rings. The van der Waals surface area contributed by atoms with Gasteiger partial charge in [0.2, 0.25) is 5.16 Å². The molecule has 0 spiro atoms. The van der Waals surface area contributed by atoms with Gasteiger partial charge in [-0.2, -0.15) is 5.10 Å². The lowest BCUT2D eigenvalue weighted by molar-refractivity contribution is 0.423. The molecule has 0 amide bonds. The molecule has 1 aliphatic carbocycles. The van der Waals surface area contributed by atoms with E-state index in [1.54, 1.807) is 11.8 Å². The van der Waals surface area contributed by atoms with E-state index in [4.69, 9.17) is 0 Å². The highest BCUT2D eigenvalue weighted by Crippen LogP contribution is 2.33. The zero-order valence-corrected chi connectivity index (χ0v) is 14.7. The highest BCUT2D eigenvalue weighted by Gasteiger charge is 2.22. The molecule has 0 N–H and O–H groups in total. The second-order valence-electron chi connectivity index (χ2n) is 5.32. The predicted octanol–water partition coefficient (Wildman–Crippen LogP) is 3.14. The van der Waals surface area contributed by atoms with Crippen LogP contribution in [0.5, 0.6) is 0 Å². The first kappa shape index (κ1) is 15.0. The average Bonchev–Trinajstić information content (AvgIpc) is 3.18. The van der Waals surface area contributed by atoms with Crippen LogP contribution in [0.3, 0.4) is 0 Å². The summed E-state index contributed by atoms with van der Waals surface area (Å²) in [5.41, 5.74) is 2.28. The van der Waals surface area contributed by atoms with Crippen molar-refractivity contribution in [2.45, 2.75) is 56.0 Å². The summed E-state index contributed by atoms with van der Waals surface area (Å²) in [5.74, 6) is 0.817. The maximum Gasteiger partial charge on any atom is 0.209 e. The van der Waals surface area contributed by atoms with Crippen molar-refractivity contribution in [3.05, 3.63) is 15.9 Å². The van der Waals surface area contributed by atoms with Gasteiger partial charge < -0.3 is 0 Å². The largest absolute Gasteiger partial charge is 0.270 e. The Labute approximate surface area is 136 Å². The zero-order valence-electron chi connectivity index (χ0n) is 12.3. The van der Waals surface area contributed by atoms with E-state index < -0.39 is 0 Å². The van der Waals surface area contributed by atoms with Crippen molar-refractivity contribution >= 4 is 27.7 Å². The summed E-state index contributed by atoms with van der Waals surface area (Å²) in [4.78, 5) is 0. The van der Waals surface area contributed by atoms with Gasteiger partial charge in [-0.05, 0) is 45.6 Å². The fraction of sp³-hybridized carbons (Fsp3) is 0.692. The molecule has 3 rings (SSSR count). The van der Waals surface area contributed by atoms with Crippen molar-refractivity contribution in [1.82, 2.24) is 30.0 Å². The summed E-state index contributed by atoms with van der Waals surface area (Å²) < 4.78 is 5.06. The molecular weight excluding hydrogens is 352 g/mol. The topological polar surface area (TPSA) is 61.4 Å². The van der Waals surface area contributed by atoms with E-state index in [2.05, 4.69) is 43.5 Å². The third kappa shape index (κ3) is 3.01. The van der Waals surface area contributed by atoms with Gasteiger partial charge in [0.05, 0.1) is 21.9 Å². The normalized spacial score (nSPS) is 16.0. The van der Waals surface area contributed by atoms with E-state index in [0.717, 1.165) is 27.5 Å². The number of hydrogen-bond donors (Lipinski definition) is 0. The molecule has 2 aromatic heterocycles. The molecule has 0 atom stereocenters. The predicted molar refractivity (Wildman–Crippen MR) is 85.2 cm³/mol. The average molecular weight is 371 g/mol. The minimum Gasteiger partial charge on any atom is -0.270 e. The Morgan fingerprint density at radius 3 is 2.76 bits per heavy atom. The van der Waals surface area contributed by atoms with Crippen LogP contribution in [-0.4, -0.2) is 30.0 Å². The second-order valence-corrected chi connectivity index (χ2v) is 7.05. The molecule has 0 bridgehead atoms. The second kappa shape index (κ2) is 6.48. The maximum absolute atomic E-state index is 4.53. The summed E-state index contributed by atoms with van der Waals surface area (Å²) in [7, 11) is 1.99. The first-order valence-electron chi connectivity index (χ1n) is 7.31. The monoisotopic (exact) mass is 370 g/mol. The molecule has 1 fully saturated rings. The molecule has 1 saturated carbocycles. The third-order valence-electron chi connectivity index (χ3n) is 3.97. The molecule has 2 heterocycles. The van der Waals surface area contributed by atoms with Crippen LogP contribution in [0.4, 0.5) is 0 Å². The Hall–Kier alpha value is -0.890. The number of aryl methyl sites for hydroxylation is 2. The zero-order chi connectivity index (χ0) is 14.8. The molecule has 0 unspecified atom stereocenters. The van der Waals surface area contributed by atoms with Crippen LogP contribution in [0, 0.1) is 0 Å². The van der Waals surface area contributed by atoms with Gasteiger partial charge in [0.15, 0.2) is 0 Å². The van der Waals surface area contributed by atoms with Gasteiger partial charge in [-0.25, -0.2) is 4.68 Å². The van der Waals surface area contributed by atoms with E-state index in [0.29, 0.717) is 6.04 Å². The molecule has 8 heteroatoms. The highest BCUT2D eigenvalue weighted by molar-refractivity contribution is 9.10. The van der Waals surface area contributed by atoms with E-state index in [1.807, 2.05) is 16.4 Å². The minimum absolute atomic E-state index is 0.476. The number of nitrogens with zero attached hydrogens (tertiary/aromatic N) is 6. The van der Waals surface area contributed by atoms with Crippen LogP contribution in [0.2, 0.25) is 0 Å². The Morgan fingerprint density at radius 1 is 1.33 bits per heavy atom. The van der Waals surface area contributed by atoms with Crippen molar-refractivity contribution in [1.29, 1.82) is 0 Å². The Balaban J connectivity index is 1.74. The lowest BCUT2D eigenvalue weighted by atomic mass is 10.3. The van der Waals surface area contributed by atoms with Gasteiger partial charge in [-0.15, -0.1) is 5.10 Å². The SMILES string of the molecule is CCc1nn(C)c(CSc2nnnn2C2CCCC2)c1Br. The molecule has 0 aromatic carbocycles. The molecule has 0 radical (unpaired) electrons. The van der Waals surface area contributed by atoms with Crippen LogP contribution in [0.25, 0.3) is 0 Å². The highest BCUT2D eigenvalue weighted by atomic mass is 79.9. The summed E-state index contributed by atoms with van der Waals surface area (Å²) in [5, 5.41) is 17.6. The Kier molecular flexibility index (Phi) is 4.63. The van der Waals surface area contributed by atoms with Crippen LogP contribution in [-0.2, 0) is 19.2 Å². The molecule has 114 valence electrons. The van der Waals surface area contributed by atoms with Gasteiger partial charge in [-0.1, -0.05) is 31.5 Å². The van der Waals surface area contributed by atoms with Crippen molar-refractivity contribution < 1.29 is 0 Å². The summed E-state index contributed by atoms with van der Waals surface area (Å²) in [6, 6.07) is 0.476. The van der Waals surface area contributed by atoms with E-state index >= 15 is 0 Å². The van der Waals surface area contributed by atoms with E-state index in [9.17, 15) is 0 Å². The quantitative estimate of drug-likeness (QED) is 0.756. The Bertz CT molecular complexity index is 616. The van der Waals surface area contributed by atoms with Crippen LogP contribution in [0.1, 0.15) is 50.0 Å². The lowest BCUT2D eigenvalue weighted by Crippen LogP contribution is -2.08. The summed E-state index contributed by atoms with van der Waals surface area (Å²) in [6.07, 6.45) is 5.87. The van der Waals surface area contributed by atoms with Gasteiger partial charge in [0, 0.05) is 12.8 Å². The lowest BCUT2D eigenvalue weighted by Gasteiger charge is -2.10. The van der Waals surface area contributed by atoms with Crippen LogP contribution >= 0.6 is 27.7 Å². The van der Waals surface area contributed by atoms with Crippen molar-refractivity contribution in [2.24, 2.45) is 7.05 Å². The number of rotatable bonds is 5.